The quantitative estimate of drug-likeness (QED) is 0.567. The van der Waals surface area contributed by atoms with Gasteiger partial charge in [-0.05, 0) is 44.9 Å². The van der Waals surface area contributed by atoms with Crippen LogP contribution in [-0.4, -0.2) is 38.1 Å². The molecule has 9 heteroatoms. The number of hydrogen-bond acceptors (Lipinski definition) is 7. The summed E-state index contributed by atoms with van der Waals surface area (Å²) in [6, 6.07) is 5.41. The van der Waals surface area contributed by atoms with E-state index in [0.717, 1.165) is 5.56 Å². The van der Waals surface area contributed by atoms with E-state index in [1.165, 1.54) is 6.92 Å². The lowest BCUT2D eigenvalue weighted by Crippen LogP contribution is -2.20. The van der Waals surface area contributed by atoms with Crippen LogP contribution >= 0.6 is 0 Å². The van der Waals surface area contributed by atoms with E-state index < -0.39 is 17.8 Å². The van der Waals surface area contributed by atoms with Crippen molar-refractivity contribution in [3.05, 3.63) is 40.6 Å². The molecule has 0 fully saturated rings. The van der Waals surface area contributed by atoms with Crippen LogP contribution in [0.2, 0.25) is 0 Å². The van der Waals surface area contributed by atoms with Crippen LogP contribution in [0.3, 0.4) is 0 Å². The molecule has 2 aromatic rings. The average molecular weight is 418 g/mol. The van der Waals surface area contributed by atoms with E-state index in [1.807, 2.05) is 13.0 Å². The van der Waals surface area contributed by atoms with Crippen LogP contribution in [0, 0.1) is 6.92 Å². The van der Waals surface area contributed by atoms with Crippen molar-refractivity contribution in [3.8, 4) is 11.5 Å². The predicted octanol–water partition coefficient (Wildman–Crippen LogP) is 2.84. The number of methoxy groups -OCH3 is 1. The molecule has 0 aliphatic heterocycles. The van der Waals surface area contributed by atoms with Crippen molar-refractivity contribution in [2.45, 2.75) is 33.6 Å². The largest absolute Gasteiger partial charge is 0.493 e. The number of primary amides is 1. The fourth-order valence-corrected chi connectivity index (χ4v) is 2.91. The second-order valence-electron chi connectivity index (χ2n) is 6.29. The Kier molecular flexibility index (Phi) is 7.85. The van der Waals surface area contributed by atoms with Crippen LogP contribution in [0.4, 0.5) is 5.88 Å². The molecule has 0 radical (unpaired) electrons. The number of carbonyl (C=O) groups excluding carboxylic acids is 3. The SMILES string of the molecule is CCOC(=O)c1c(C)oc(NC(=O)CCc2ccc(OCC)c(OC)c2)c1C(N)=O. The zero-order chi connectivity index (χ0) is 22.3. The Balaban J connectivity index is 2.12. The molecule has 0 bridgehead atoms. The minimum atomic E-state index is -0.901. The van der Waals surface area contributed by atoms with Gasteiger partial charge in [0.2, 0.25) is 11.8 Å². The maximum absolute atomic E-state index is 12.4. The number of carbonyl (C=O) groups is 3. The Labute approximate surface area is 174 Å². The van der Waals surface area contributed by atoms with Crippen LogP contribution in [0.15, 0.2) is 22.6 Å². The highest BCUT2D eigenvalue weighted by Crippen LogP contribution is 2.29. The molecule has 9 nitrogen and oxygen atoms in total. The number of esters is 1. The molecule has 1 aromatic heterocycles. The molecule has 1 heterocycles. The Hall–Kier alpha value is -3.49. The second kappa shape index (κ2) is 10.3. The van der Waals surface area contributed by atoms with E-state index >= 15 is 0 Å². The van der Waals surface area contributed by atoms with E-state index in [1.54, 1.807) is 26.2 Å². The van der Waals surface area contributed by atoms with Gasteiger partial charge in [0.25, 0.3) is 5.91 Å². The first-order chi connectivity index (χ1) is 14.3. The second-order valence-corrected chi connectivity index (χ2v) is 6.29. The number of amides is 2. The van der Waals surface area contributed by atoms with E-state index in [9.17, 15) is 14.4 Å². The third kappa shape index (κ3) is 5.31. The van der Waals surface area contributed by atoms with Crippen LogP contribution in [0.1, 0.15) is 52.3 Å². The standard InChI is InChI=1S/C21H26N2O7/c1-5-28-14-9-7-13(11-15(14)27-4)8-10-16(24)23-20-18(19(22)25)17(12(3)30-20)21(26)29-6-2/h7,9,11H,5-6,8,10H2,1-4H3,(H2,22,25)(H,23,24). The summed E-state index contributed by atoms with van der Waals surface area (Å²) in [6.45, 7) is 5.63. The van der Waals surface area contributed by atoms with Gasteiger partial charge in [-0.15, -0.1) is 0 Å². The van der Waals surface area contributed by atoms with Crippen LogP contribution in [-0.2, 0) is 16.0 Å². The number of aryl methyl sites for hydroxylation is 2. The molecule has 162 valence electrons. The third-order valence-electron chi connectivity index (χ3n) is 4.23. The number of rotatable bonds is 10. The van der Waals surface area contributed by atoms with Crippen LogP contribution in [0.5, 0.6) is 11.5 Å². The summed E-state index contributed by atoms with van der Waals surface area (Å²) in [5.41, 5.74) is 5.96. The van der Waals surface area contributed by atoms with Gasteiger partial charge in [0.1, 0.15) is 16.9 Å². The molecule has 0 spiro atoms. The molecule has 30 heavy (non-hydrogen) atoms. The first-order valence-electron chi connectivity index (χ1n) is 9.52. The average Bonchev–Trinajstić information content (AvgIpc) is 3.03. The van der Waals surface area contributed by atoms with Gasteiger partial charge in [-0.3, -0.25) is 14.9 Å². The summed E-state index contributed by atoms with van der Waals surface area (Å²) in [7, 11) is 1.54. The van der Waals surface area contributed by atoms with Gasteiger partial charge in [0.15, 0.2) is 11.5 Å². The minimum absolute atomic E-state index is 0.0871. The highest BCUT2D eigenvalue weighted by molar-refractivity contribution is 6.10. The number of ether oxygens (including phenoxy) is 3. The van der Waals surface area contributed by atoms with E-state index in [0.29, 0.717) is 24.5 Å². The third-order valence-corrected chi connectivity index (χ3v) is 4.23. The van der Waals surface area contributed by atoms with Gasteiger partial charge in [-0.1, -0.05) is 6.07 Å². The molecule has 1 aromatic carbocycles. The Morgan fingerprint density at radius 3 is 2.43 bits per heavy atom. The molecular formula is C21H26N2O7. The van der Waals surface area contributed by atoms with Crippen molar-refractivity contribution in [2.24, 2.45) is 5.73 Å². The Bertz CT molecular complexity index is 934. The summed E-state index contributed by atoms with van der Waals surface area (Å²) in [5, 5.41) is 2.51. The normalized spacial score (nSPS) is 10.4. The van der Waals surface area contributed by atoms with Gasteiger partial charge in [0, 0.05) is 6.42 Å². The Morgan fingerprint density at radius 1 is 1.10 bits per heavy atom. The summed E-state index contributed by atoms with van der Waals surface area (Å²) in [6.07, 6.45) is 0.509. The highest BCUT2D eigenvalue weighted by atomic mass is 16.5. The summed E-state index contributed by atoms with van der Waals surface area (Å²) in [5.74, 6) is -0.889. The molecular weight excluding hydrogens is 392 g/mol. The van der Waals surface area contributed by atoms with Gasteiger partial charge in [0.05, 0.1) is 20.3 Å². The maximum atomic E-state index is 12.4. The molecule has 0 atom stereocenters. The number of benzene rings is 1. The first kappa shape index (κ1) is 22.8. The summed E-state index contributed by atoms with van der Waals surface area (Å²) >= 11 is 0. The monoisotopic (exact) mass is 418 g/mol. The first-order valence-corrected chi connectivity index (χ1v) is 9.52. The highest BCUT2D eigenvalue weighted by Gasteiger charge is 2.29. The Morgan fingerprint density at radius 2 is 1.83 bits per heavy atom. The van der Waals surface area contributed by atoms with Crippen molar-refractivity contribution in [1.29, 1.82) is 0 Å². The van der Waals surface area contributed by atoms with Gasteiger partial charge in [-0.25, -0.2) is 4.79 Å². The number of hydrogen-bond donors (Lipinski definition) is 2. The van der Waals surface area contributed by atoms with Gasteiger partial charge >= 0.3 is 5.97 Å². The van der Waals surface area contributed by atoms with Crippen molar-refractivity contribution in [1.82, 2.24) is 0 Å². The number of nitrogens with one attached hydrogen (secondary N) is 1. The van der Waals surface area contributed by atoms with Crippen LogP contribution in [0.25, 0.3) is 0 Å². The predicted molar refractivity (Wildman–Crippen MR) is 109 cm³/mol. The number of furan rings is 1. The van der Waals surface area contributed by atoms with E-state index in [4.69, 9.17) is 24.4 Å². The maximum Gasteiger partial charge on any atom is 0.342 e. The molecule has 0 saturated carbocycles. The molecule has 2 amide bonds. The molecule has 0 unspecified atom stereocenters. The minimum Gasteiger partial charge on any atom is -0.493 e. The molecule has 2 rings (SSSR count). The zero-order valence-electron chi connectivity index (χ0n) is 17.5. The molecule has 0 aliphatic carbocycles. The van der Waals surface area contributed by atoms with Crippen LogP contribution < -0.4 is 20.5 Å². The van der Waals surface area contributed by atoms with E-state index in [-0.39, 0.29) is 35.8 Å². The fourth-order valence-electron chi connectivity index (χ4n) is 2.91. The lowest BCUT2D eigenvalue weighted by molar-refractivity contribution is -0.116. The number of nitrogens with two attached hydrogens (primary N) is 1. The topological polar surface area (TPSA) is 130 Å². The lowest BCUT2D eigenvalue weighted by atomic mass is 10.1. The van der Waals surface area contributed by atoms with E-state index in [2.05, 4.69) is 5.32 Å². The molecule has 3 N–H and O–H groups in total. The van der Waals surface area contributed by atoms with Crippen molar-refractivity contribution in [3.63, 3.8) is 0 Å². The molecule has 0 aliphatic rings. The lowest BCUT2D eigenvalue weighted by Gasteiger charge is -2.11. The molecule has 0 saturated heterocycles. The number of anilines is 1. The fraction of sp³-hybridized carbons (Fsp3) is 0.381. The van der Waals surface area contributed by atoms with Crippen molar-refractivity contribution < 1.29 is 33.0 Å². The van der Waals surface area contributed by atoms with Gasteiger partial charge < -0.3 is 24.4 Å². The summed E-state index contributed by atoms with van der Waals surface area (Å²) in [4.78, 5) is 36.4. The summed E-state index contributed by atoms with van der Waals surface area (Å²) < 4.78 is 21.1. The van der Waals surface area contributed by atoms with Crippen molar-refractivity contribution >= 4 is 23.7 Å². The van der Waals surface area contributed by atoms with Crippen molar-refractivity contribution in [2.75, 3.05) is 25.6 Å². The zero-order valence-corrected chi connectivity index (χ0v) is 17.5. The smallest absolute Gasteiger partial charge is 0.342 e. The van der Waals surface area contributed by atoms with Gasteiger partial charge in [-0.2, -0.15) is 0 Å².